The molecule has 2 aromatic rings. The van der Waals surface area contributed by atoms with E-state index in [-0.39, 0.29) is 0 Å². The largest absolute Gasteiger partial charge is 0.361 e. The summed E-state index contributed by atoms with van der Waals surface area (Å²) in [5.74, 6) is 0.971. The van der Waals surface area contributed by atoms with Crippen LogP contribution >= 0.6 is 0 Å². The number of aromatic nitrogens is 1. The molecule has 3 aliphatic rings. The minimum atomic E-state index is 0.665. The molecule has 5 rings (SSSR count). The second-order valence-corrected chi connectivity index (χ2v) is 5.52. The lowest BCUT2D eigenvalue weighted by atomic mass is 9.81. The molecule has 0 spiro atoms. The number of rotatable bonds is 1. The Morgan fingerprint density at radius 1 is 1.12 bits per heavy atom. The van der Waals surface area contributed by atoms with Crippen LogP contribution < -0.4 is 0 Å². The van der Waals surface area contributed by atoms with Crippen molar-refractivity contribution in [3.05, 3.63) is 36.0 Å². The summed E-state index contributed by atoms with van der Waals surface area (Å²) in [6.07, 6.45) is 6.43. The number of hydrogen-bond donors (Lipinski definition) is 1. The number of H-pyrrole nitrogens is 1. The van der Waals surface area contributed by atoms with Gasteiger partial charge in [0.25, 0.3) is 0 Å². The molecule has 3 saturated heterocycles. The van der Waals surface area contributed by atoms with Crippen molar-refractivity contribution in [2.75, 3.05) is 13.1 Å². The lowest BCUT2D eigenvalue weighted by Gasteiger charge is -2.45. The number of fused-ring (bicyclic) bond motifs is 4. The maximum Gasteiger partial charge on any atom is 0.0457 e. The van der Waals surface area contributed by atoms with Gasteiger partial charge in [0.15, 0.2) is 0 Å². The first-order valence-electron chi connectivity index (χ1n) is 6.72. The van der Waals surface area contributed by atoms with Crippen LogP contribution in [0.25, 0.3) is 10.9 Å². The first kappa shape index (κ1) is 9.72. The fourth-order valence-electron chi connectivity index (χ4n) is 3.66. The Labute approximate surface area is 102 Å². The number of nitrogens with one attached hydrogen (secondary N) is 1. The van der Waals surface area contributed by atoms with Gasteiger partial charge in [0.1, 0.15) is 0 Å². The zero-order chi connectivity index (χ0) is 11.2. The zero-order valence-electron chi connectivity index (χ0n) is 10.0. The predicted molar refractivity (Wildman–Crippen MR) is 70.0 cm³/mol. The predicted octanol–water partition coefficient (Wildman–Crippen LogP) is 3.32. The standard InChI is InChI=1S/C15H18N2/c1-2-4-14-12(3-1)13(10-16-14)15-9-11-5-7-17(15)8-6-11/h1-4,10-11,15-16H,5-9H2. The molecular weight excluding hydrogens is 208 g/mol. The van der Waals surface area contributed by atoms with Gasteiger partial charge in [-0.2, -0.15) is 0 Å². The van der Waals surface area contributed by atoms with Gasteiger partial charge in [-0.1, -0.05) is 18.2 Å². The SMILES string of the molecule is c1ccc2c(C3CC4CCN3CC4)c[nH]c2c1. The Morgan fingerprint density at radius 2 is 1.94 bits per heavy atom. The van der Waals surface area contributed by atoms with Crippen molar-refractivity contribution in [3.8, 4) is 0 Å². The smallest absolute Gasteiger partial charge is 0.0457 e. The molecule has 1 aromatic heterocycles. The Balaban J connectivity index is 1.79. The second kappa shape index (κ2) is 3.61. The van der Waals surface area contributed by atoms with E-state index in [1.165, 1.54) is 48.8 Å². The first-order chi connectivity index (χ1) is 8.42. The molecular formula is C15H18N2. The summed E-state index contributed by atoms with van der Waals surface area (Å²) in [5.41, 5.74) is 2.80. The number of nitrogens with zero attached hydrogens (tertiary/aromatic N) is 1. The number of benzene rings is 1. The minimum absolute atomic E-state index is 0.665. The summed E-state index contributed by atoms with van der Waals surface area (Å²) < 4.78 is 0. The quantitative estimate of drug-likeness (QED) is 0.790. The molecule has 2 bridgehead atoms. The maximum atomic E-state index is 3.42. The van der Waals surface area contributed by atoms with E-state index in [0.29, 0.717) is 6.04 Å². The summed E-state index contributed by atoms with van der Waals surface area (Å²) in [6.45, 7) is 2.60. The van der Waals surface area contributed by atoms with Crippen molar-refractivity contribution in [3.63, 3.8) is 0 Å². The van der Waals surface area contributed by atoms with Crippen LogP contribution in [0.2, 0.25) is 0 Å². The third kappa shape index (κ3) is 1.44. The summed E-state index contributed by atoms with van der Waals surface area (Å²) in [5, 5.41) is 1.42. The van der Waals surface area contributed by atoms with Gasteiger partial charge in [-0.3, -0.25) is 4.90 Å². The highest BCUT2D eigenvalue weighted by molar-refractivity contribution is 5.83. The number of hydrogen-bond acceptors (Lipinski definition) is 1. The lowest BCUT2D eigenvalue weighted by molar-refractivity contribution is 0.0498. The van der Waals surface area contributed by atoms with Crippen molar-refractivity contribution in [2.45, 2.75) is 25.3 Å². The van der Waals surface area contributed by atoms with Crippen molar-refractivity contribution < 1.29 is 0 Å². The molecule has 2 nitrogen and oxygen atoms in total. The molecule has 2 heteroatoms. The second-order valence-electron chi connectivity index (χ2n) is 5.52. The number of para-hydroxylation sites is 1. The molecule has 1 atom stereocenters. The van der Waals surface area contributed by atoms with Crippen molar-refractivity contribution in [1.82, 2.24) is 9.88 Å². The Morgan fingerprint density at radius 3 is 2.71 bits per heavy atom. The van der Waals surface area contributed by atoms with Crippen LogP contribution in [0, 0.1) is 5.92 Å². The highest BCUT2D eigenvalue weighted by Gasteiger charge is 2.35. The van der Waals surface area contributed by atoms with Gasteiger partial charge in [0.05, 0.1) is 0 Å². The number of piperidine rings is 3. The van der Waals surface area contributed by atoms with Gasteiger partial charge in [0, 0.05) is 23.1 Å². The third-order valence-electron chi connectivity index (χ3n) is 4.63. The molecule has 0 aliphatic carbocycles. The normalized spacial score (nSPS) is 32.1. The maximum absolute atomic E-state index is 3.42. The van der Waals surface area contributed by atoms with Crippen LogP contribution in [0.4, 0.5) is 0 Å². The van der Waals surface area contributed by atoms with E-state index in [2.05, 4.69) is 40.3 Å². The topological polar surface area (TPSA) is 19.0 Å². The van der Waals surface area contributed by atoms with Crippen molar-refractivity contribution >= 4 is 10.9 Å². The van der Waals surface area contributed by atoms with Gasteiger partial charge >= 0.3 is 0 Å². The molecule has 1 aromatic carbocycles. The van der Waals surface area contributed by atoms with Gasteiger partial charge in [0.2, 0.25) is 0 Å². The monoisotopic (exact) mass is 226 g/mol. The molecule has 3 fully saturated rings. The highest BCUT2D eigenvalue weighted by atomic mass is 15.2. The van der Waals surface area contributed by atoms with Gasteiger partial charge in [-0.15, -0.1) is 0 Å². The van der Waals surface area contributed by atoms with E-state index in [1.807, 2.05) is 0 Å². The molecule has 1 unspecified atom stereocenters. The van der Waals surface area contributed by atoms with E-state index in [4.69, 9.17) is 0 Å². The molecule has 88 valence electrons. The van der Waals surface area contributed by atoms with Crippen molar-refractivity contribution in [1.29, 1.82) is 0 Å². The van der Waals surface area contributed by atoms with Gasteiger partial charge < -0.3 is 4.98 Å². The molecule has 4 heterocycles. The van der Waals surface area contributed by atoms with E-state index < -0.39 is 0 Å². The number of aromatic amines is 1. The minimum Gasteiger partial charge on any atom is -0.361 e. The van der Waals surface area contributed by atoms with Crippen LogP contribution in [0.5, 0.6) is 0 Å². The Bertz CT molecular complexity index is 535. The fourth-order valence-corrected chi connectivity index (χ4v) is 3.66. The van der Waals surface area contributed by atoms with Gasteiger partial charge in [-0.25, -0.2) is 0 Å². The van der Waals surface area contributed by atoms with Gasteiger partial charge in [-0.05, 0) is 49.9 Å². The van der Waals surface area contributed by atoms with E-state index in [0.717, 1.165) is 5.92 Å². The molecule has 1 N–H and O–H groups in total. The molecule has 0 radical (unpaired) electrons. The highest BCUT2D eigenvalue weighted by Crippen LogP contribution is 2.42. The molecule has 0 amide bonds. The molecule has 0 saturated carbocycles. The summed E-state index contributed by atoms with van der Waals surface area (Å²) >= 11 is 0. The van der Waals surface area contributed by atoms with E-state index >= 15 is 0 Å². The van der Waals surface area contributed by atoms with Crippen LogP contribution in [0.15, 0.2) is 30.5 Å². The van der Waals surface area contributed by atoms with Crippen molar-refractivity contribution in [2.24, 2.45) is 5.92 Å². The van der Waals surface area contributed by atoms with E-state index in [9.17, 15) is 0 Å². The lowest BCUT2D eigenvalue weighted by Crippen LogP contribution is -2.43. The Hall–Kier alpha value is -1.28. The average Bonchev–Trinajstić information content (AvgIpc) is 2.84. The summed E-state index contributed by atoms with van der Waals surface area (Å²) in [4.78, 5) is 6.09. The average molecular weight is 226 g/mol. The zero-order valence-corrected chi connectivity index (χ0v) is 10.0. The van der Waals surface area contributed by atoms with E-state index in [1.54, 1.807) is 0 Å². The van der Waals surface area contributed by atoms with Crippen LogP contribution in [-0.2, 0) is 0 Å². The third-order valence-corrected chi connectivity index (χ3v) is 4.63. The Kier molecular flexibility index (Phi) is 2.06. The molecule has 3 aliphatic heterocycles. The van der Waals surface area contributed by atoms with Crippen LogP contribution in [-0.4, -0.2) is 23.0 Å². The van der Waals surface area contributed by atoms with Crippen LogP contribution in [0.1, 0.15) is 30.9 Å². The molecule has 17 heavy (non-hydrogen) atoms. The summed E-state index contributed by atoms with van der Waals surface area (Å²) in [6, 6.07) is 9.35. The fraction of sp³-hybridized carbons (Fsp3) is 0.467. The summed E-state index contributed by atoms with van der Waals surface area (Å²) in [7, 11) is 0. The first-order valence-corrected chi connectivity index (χ1v) is 6.72. The van der Waals surface area contributed by atoms with Crippen LogP contribution in [0.3, 0.4) is 0 Å².